The summed E-state index contributed by atoms with van der Waals surface area (Å²) < 4.78 is 0. The molecule has 1 saturated heterocycles. The van der Waals surface area contributed by atoms with Crippen molar-refractivity contribution in [2.24, 2.45) is 0 Å². The van der Waals surface area contributed by atoms with Gasteiger partial charge in [-0.2, -0.15) is 0 Å². The van der Waals surface area contributed by atoms with E-state index in [0.717, 1.165) is 0 Å². The van der Waals surface area contributed by atoms with Crippen LogP contribution in [0.25, 0.3) is 0 Å². The van der Waals surface area contributed by atoms with Crippen molar-refractivity contribution < 1.29 is 5.11 Å². The van der Waals surface area contributed by atoms with Crippen molar-refractivity contribution in [3.05, 3.63) is 12.2 Å². The number of aliphatic hydroxyl groups is 1. The number of piperidine rings is 1. The Hall–Kier alpha value is -0.340. The molecule has 2 atom stereocenters. The van der Waals surface area contributed by atoms with E-state index in [1.807, 2.05) is 0 Å². The fraction of sp³-hybridized carbons (Fsp3) is 0.833. The highest BCUT2D eigenvalue weighted by atomic mass is 16.3. The van der Waals surface area contributed by atoms with Crippen molar-refractivity contribution in [1.29, 1.82) is 0 Å². The minimum Gasteiger partial charge on any atom is -0.395 e. The molecule has 0 aromatic rings. The minimum absolute atomic E-state index is 0.338. The maximum absolute atomic E-state index is 9.33. The van der Waals surface area contributed by atoms with Crippen molar-refractivity contribution in [2.75, 3.05) is 13.2 Å². The second kappa shape index (κ2) is 4.94. The average molecular weight is 195 g/mol. The maximum Gasteiger partial charge on any atom is 0.0587 e. The molecule has 2 unspecified atom stereocenters. The van der Waals surface area contributed by atoms with Gasteiger partial charge in [0.15, 0.2) is 0 Å². The molecule has 0 bridgehead atoms. The van der Waals surface area contributed by atoms with Gasteiger partial charge in [0.2, 0.25) is 0 Å². The highest BCUT2D eigenvalue weighted by Gasteiger charge is 2.27. The zero-order chi connectivity index (χ0) is 9.80. The Labute approximate surface area is 86.6 Å². The SMILES string of the molecule is OCC1CCCCN1C1C=CCCC1. The van der Waals surface area contributed by atoms with E-state index in [4.69, 9.17) is 0 Å². The van der Waals surface area contributed by atoms with Gasteiger partial charge in [0.25, 0.3) is 0 Å². The predicted octanol–water partition coefficient (Wildman–Crippen LogP) is 1.94. The number of hydrogen-bond acceptors (Lipinski definition) is 2. The Morgan fingerprint density at radius 2 is 2.14 bits per heavy atom. The minimum atomic E-state index is 0.338. The highest BCUT2D eigenvalue weighted by molar-refractivity contribution is 5.00. The molecule has 14 heavy (non-hydrogen) atoms. The summed E-state index contributed by atoms with van der Waals surface area (Å²) in [6.07, 6.45) is 12.3. The van der Waals surface area contributed by atoms with Gasteiger partial charge in [-0.05, 0) is 38.6 Å². The van der Waals surface area contributed by atoms with Crippen LogP contribution in [0, 0.1) is 0 Å². The number of likely N-dealkylation sites (tertiary alicyclic amines) is 1. The molecule has 0 aromatic carbocycles. The van der Waals surface area contributed by atoms with Crippen molar-refractivity contribution in [2.45, 2.75) is 50.6 Å². The van der Waals surface area contributed by atoms with Crippen molar-refractivity contribution >= 4 is 0 Å². The van der Waals surface area contributed by atoms with Crippen LogP contribution in [0.15, 0.2) is 12.2 Å². The summed E-state index contributed by atoms with van der Waals surface area (Å²) in [7, 11) is 0. The summed E-state index contributed by atoms with van der Waals surface area (Å²) in [5.41, 5.74) is 0. The van der Waals surface area contributed by atoms with Crippen molar-refractivity contribution in [3.8, 4) is 0 Å². The summed E-state index contributed by atoms with van der Waals surface area (Å²) in [4.78, 5) is 2.51. The second-order valence-electron chi connectivity index (χ2n) is 4.50. The summed E-state index contributed by atoms with van der Waals surface area (Å²) in [6.45, 7) is 1.52. The van der Waals surface area contributed by atoms with Gasteiger partial charge < -0.3 is 5.11 Å². The van der Waals surface area contributed by atoms with E-state index < -0.39 is 0 Å². The van der Waals surface area contributed by atoms with Gasteiger partial charge in [0.05, 0.1) is 6.61 Å². The van der Waals surface area contributed by atoms with Crippen LogP contribution in [-0.2, 0) is 0 Å². The Balaban J connectivity index is 1.98. The molecule has 2 aliphatic rings. The third-order valence-corrected chi connectivity index (χ3v) is 3.54. The van der Waals surface area contributed by atoms with Crippen LogP contribution in [0.2, 0.25) is 0 Å². The molecule has 0 saturated carbocycles. The lowest BCUT2D eigenvalue weighted by Gasteiger charge is -2.40. The van der Waals surface area contributed by atoms with Crippen LogP contribution >= 0.6 is 0 Å². The molecule has 2 rings (SSSR count). The van der Waals surface area contributed by atoms with Gasteiger partial charge in [-0.15, -0.1) is 0 Å². The summed E-state index contributed by atoms with van der Waals surface area (Å²) in [6, 6.07) is 1.04. The normalized spacial score (nSPS) is 34.6. The van der Waals surface area contributed by atoms with E-state index in [0.29, 0.717) is 18.7 Å². The number of allylic oxidation sites excluding steroid dienone is 1. The lowest BCUT2D eigenvalue weighted by atomic mass is 9.95. The van der Waals surface area contributed by atoms with Gasteiger partial charge in [0, 0.05) is 12.1 Å². The first-order valence-corrected chi connectivity index (χ1v) is 5.95. The molecule has 1 N–H and O–H groups in total. The molecule has 0 aromatic heterocycles. The molecule has 0 spiro atoms. The molecule has 1 aliphatic carbocycles. The van der Waals surface area contributed by atoms with Crippen LogP contribution in [0.5, 0.6) is 0 Å². The van der Waals surface area contributed by atoms with Crippen LogP contribution in [0.4, 0.5) is 0 Å². The van der Waals surface area contributed by atoms with Gasteiger partial charge in [-0.1, -0.05) is 18.6 Å². The third kappa shape index (κ3) is 2.18. The smallest absolute Gasteiger partial charge is 0.0587 e. The number of aliphatic hydroxyl groups excluding tert-OH is 1. The standard InChI is InChI=1S/C12H21NO/c14-10-12-8-4-5-9-13(12)11-6-2-1-3-7-11/h2,6,11-12,14H,1,3-5,7-10H2. The summed E-state index contributed by atoms with van der Waals surface area (Å²) >= 11 is 0. The second-order valence-corrected chi connectivity index (χ2v) is 4.50. The van der Waals surface area contributed by atoms with Crippen LogP contribution < -0.4 is 0 Å². The number of nitrogens with zero attached hydrogens (tertiary/aromatic N) is 1. The lowest BCUT2D eigenvalue weighted by Crippen LogP contribution is -2.47. The van der Waals surface area contributed by atoms with E-state index in [2.05, 4.69) is 17.1 Å². The highest BCUT2D eigenvalue weighted by Crippen LogP contribution is 2.24. The Morgan fingerprint density at radius 1 is 1.21 bits per heavy atom. The van der Waals surface area contributed by atoms with Crippen LogP contribution in [-0.4, -0.2) is 35.2 Å². The topological polar surface area (TPSA) is 23.5 Å². The van der Waals surface area contributed by atoms with Gasteiger partial charge in [-0.3, -0.25) is 4.90 Å². The quantitative estimate of drug-likeness (QED) is 0.681. The summed E-state index contributed by atoms with van der Waals surface area (Å²) in [5, 5.41) is 9.33. The van der Waals surface area contributed by atoms with Crippen molar-refractivity contribution in [3.63, 3.8) is 0 Å². The van der Waals surface area contributed by atoms with Gasteiger partial charge >= 0.3 is 0 Å². The van der Waals surface area contributed by atoms with Crippen molar-refractivity contribution in [1.82, 2.24) is 4.90 Å². The monoisotopic (exact) mass is 195 g/mol. The van der Waals surface area contributed by atoms with Gasteiger partial charge in [-0.25, -0.2) is 0 Å². The van der Waals surface area contributed by atoms with Crippen LogP contribution in [0.1, 0.15) is 38.5 Å². The largest absolute Gasteiger partial charge is 0.395 e. The molecule has 1 fully saturated rings. The fourth-order valence-corrected chi connectivity index (χ4v) is 2.73. The molecule has 0 radical (unpaired) electrons. The molecule has 1 aliphatic heterocycles. The molecule has 2 nitrogen and oxygen atoms in total. The maximum atomic E-state index is 9.33. The predicted molar refractivity (Wildman–Crippen MR) is 58.2 cm³/mol. The first kappa shape index (κ1) is 10.2. The van der Waals surface area contributed by atoms with E-state index in [1.54, 1.807) is 0 Å². The molecule has 0 amide bonds. The summed E-state index contributed by atoms with van der Waals surface area (Å²) in [5.74, 6) is 0. The molecular weight excluding hydrogens is 174 g/mol. The fourth-order valence-electron chi connectivity index (χ4n) is 2.73. The first-order chi connectivity index (χ1) is 6.92. The first-order valence-electron chi connectivity index (χ1n) is 5.95. The molecular formula is C12H21NO. The Bertz CT molecular complexity index is 202. The lowest BCUT2D eigenvalue weighted by molar-refractivity contribution is 0.0638. The average Bonchev–Trinajstić information content (AvgIpc) is 2.30. The third-order valence-electron chi connectivity index (χ3n) is 3.54. The molecule has 1 heterocycles. The number of rotatable bonds is 2. The zero-order valence-corrected chi connectivity index (χ0v) is 8.86. The van der Waals surface area contributed by atoms with E-state index >= 15 is 0 Å². The zero-order valence-electron chi connectivity index (χ0n) is 8.86. The van der Waals surface area contributed by atoms with E-state index in [1.165, 1.54) is 45.1 Å². The molecule has 2 heteroatoms. The Morgan fingerprint density at radius 3 is 2.86 bits per heavy atom. The van der Waals surface area contributed by atoms with Crippen LogP contribution in [0.3, 0.4) is 0 Å². The van der Waals surface area contributed by atoms with E-state index in [-0.39, 0.29) is 0 Å². The Kier molecular flexibility index (Phi) is 3.60. The van der Waals surface area contributed by atoms with Gasteiger partial charge in [0.1, 0.15) is 0 Å². The van der Waals surface area contributed by atoms with E-state index in [9.17, 15) is 5.11 Å². The number of hydrogen-bond donors (Lipinski definition) is 1. The molecule has 80 valence electrons.